The second kappa shape index (κ2) is 8.50. The van der Waals surface area contributed by atoms with Gasteiger partial charge in [0.15, 0.2) is 0 Å². The van der Waals surface area contributed by atoms with Crippen LogP contribution in [0.25, 0.3) is 0 Å². The molecule has 1 N–H and O–H groups in total. The zero-order chi connectivity index (χ0) is 19.4. The first-order chi connectivity index (χ1) is 13.0. The Hall–Kier alpha value is -2.44. The summed E-state index contributed by atoms with van der Waals surface area (Å²) in [6.07, 6.45) is 9.95. The van der Waals surface area contributed by atoms with Crippen molar-refractivity contribution < 1.29 is 4.79 Å². The number of amides is 1. The molecule has 0 saturated heterocycles. The van der Waals surface area contributed by atoms with Gasteiger partial charge in [0, 0.05) is 43.3 Å². The lowest BCUT2D eigenvalue weighted by atomic mass is 9.95. The van der Waals surface area contributed by atoms with Crippen molar-refractivity contribution in [2.45, 2.75) is 71.5 Å². The molecule has 0 bridgehead atoms. The normalized spacial score (nSPS) is 16.1. The van der Waals surface area contributed by atoms with Gasteiger partial charge in [0.05, 0.1) is 6.04 Å². The van der Waals surface area contributed by atoms with E-state index in [9.17, 15) is 4.79 Å². The third-order valence-corrected chi connectivity index (χ3v) is 5.45. The van der Waals surface area contributed by atoms with Crippen molar-refractivity contribution >= 4 is 11.9 Å². The van der Waals surface area contributed by atoms with Crippen molar-refractivity contribution in [3.8, 4) is 0 Å². The van der Waals surface area contributed by atoms with Crippen LogP contribution in [0.3, 0.4) is 0 Å². The lowest BCUT2D eigenvalue weighted by Gasteiger charge is -2.31. The molecule has 0 radical (unpaired) electrons. The Bertz CT molecular complexity index is 781. The Labute approximate surface area is 161 Å². The summed E-state index contributed by atoms with van der Waals surface area (Å²) in [6.45, 7) is 6.66. The second-order valence-corrected chi connectivity index (χ2v) is 7.37. The first-order valence-corrected chi connectivity index (χ1v) is 9.90. The number of rotatable bonds is 6. The number of hydrogen-bond acceptors (Lipinski definition) is 5. The molecular weight excluding hydrogens is 340 g/mol. The third kappa shape index (κ3) is 4.46. The van der Waals surface area contributed by atoms with Crippen molar-refractivity contribution in [2.75, 3.05) is 11.9 Å². The molecule has 2 aromatic rings. The van der Waals surface area contributed by atoms with Crippen LogP contribution >= 0.6 is 0 Å². The molecule has 1 fully saturated rings. The average Bonchev–Trinajstić information content (AvgIpc) is 3.17. The Kier molecular flexibility index (Phi) is 6.08. The quantitative estimate of drug-likeness (QED) is 0.845. The maximum absolute atomic E-state index is 12.4. The molecule has 2 heterocycles. The van der Waals surface area contributed by atoms with Crippen LogP contribution in [0, 0.1) is 6.92 Å². The lowest BCUT2D eigenvalue weighted by Crippen LogP contribution is -2.35. The van der Waals surface area contributed by atoms with Gasteiger partial charge in [-0.3, -0.25) is 9.48 Å². The number of anilines is 1. The largest absolute Gasteiger partial charge is 0.344 e. The Morgan fingerprint density at radius 3 is 2.74 bits per heavy atom. The van der Waals surface area contributed by atoms with Crippen molar-refractivity contribution in [3.63, 3.8) is 0 Å². The number of aryl methyl sites for hydroxylation is 2. The van der Waals surface area contributed by atoms with Gasteiger partial charge in [-0.05, 0) is 39.7 Å². The van der Waals surface area contributed by atoms with Gasteiger partial charge in [-0.25, -0.2) is 9.97 Å². The van der Waals surface area contributed by atoms with Crippen LogP contribution in [0.15, 0.2) is 18.5 Å². The van der Waals surface area contributed by atoms with E-state index in [1.165, 1.54) is 32.1 Å². The summed E-state index contributed by atoms with van der Waals surface area (Å²) in [4.78, 5) is 23.9. The van der Waals surface area contributed by atoms with Crippen molar-refractivity contribution in [3.05, 3.63) is 35.4 Å². The number of nitrogens with zero attached hydrogens (tertiary/aromatic N) is 5. The smallest absolute Gasteiger partial charge is 0.272 e. The zero-order valence-electron chi connectivity index (χ0n) is 16.8. The highest BCUT2D eigenvalue weighted by molar-refractivity contribution is 5.92. The van der Waals surface area contributed by atoms with E-state index in [4.69, 9.17) is 4.98 Å². The maximum atomic E-state index is 12.4. The molecule has 1 aliphatic carbocycles. The first kappa shape index (κ1) is 19.3. The molecule has 1 atom stereocenters. The van der Waals surface area contributed by atoms with Gasteiger partial charge in [0.2, 0.25) is 5.95 Å². The van der Waals surface area contributed by atoms with E-state index < -0.39 is 0 Å². The van der Waals surface area contributed by atoms with Gasteiger partial charge in [0.1, 0.15) is 5.69 Å². The number of nitrogens with one attached hydrogen (secondary N) is 1. The SMILES string of the molecule is CCn1ccc(C(=O)NC(C)c2cnc(N(C)C3CCCCC3)nc2C)n1. The van der Waals surface area contributed by atoms with Gasteiger partial charge in [-0.1, -0.05) is 19.3 Å². The van der Waals surface area contributed by atoms with Crippen LogP contribution in [-0.2, 0) is 6.54 Å². The number of hydrogen-bond donors (Lipinski definition) is 1. The van der Waals surface area contributed by atoms with Crippen LogP contribution in [0.1, 0.15) is 73.7 Å². The van der Waals surface area contributed by atoms with Crippen LogP contribution in [0.2, 0.25) is 0 Å². The predicted octanol–water partition coefficient (Wildman–Crippen LogP) is 3.26. The van der Waals surface area contributed by atoms with E-state index >= 15 is 0 Å². The van der Waals surface area contributed by atoms with Crippen molar-refractivity contribution in [2.24, 2.45) is 0 Å². The van der Waals surface area contributed by atoms with Crippen molar-refractivity contribution in [1.29, 1.82) is 0 Å². The molecular formula is C20H30N6O. The van der Waals surface area contributed by atoms with E-state index in [1.807, 2.05) is 33.2 Å². The maximum Gasteiger partial charge on any atom is 0.272 e. The minimum atomic E-state index is -0.183. The summed E-state index contributed by atoms with van der Waals surface area (Å²) >= 11 is 0. The fraction of sp³-hybridized carbons (Fsp3) is 0.600. The summed E-state index contributed by atoms with van der Waals surface area (Å²) in [5.41, 5.74) is 2.25. The van der Waals surface area contributed by atoms with Gasteiger partial charge in [-0.2, -0.15) is 5.10 Å². The van der Waals surface area contributed by atoms with E-state index in [0.717, 1.165) is 23.8 Å². The van der Waals surface area contributed by atoms with E-state index in [-0.39, 0.29) is 11.9 Å². The topological polar surface area (TPSA) is 75.9 Å². The fourth-order valence-electron chi connectivity index (χ4n) is 3.70. The summed E-state index contributed by atoms with van der Waals surface area (Å²) in [7, 11) is 2.08. The summed E-state index contributed by atoms with van der Waals surface area (Å²) in [6, 6.07) is 2.07. The molecule has 1 saturated carbocycles. The monoisotopic (exact) mass is 370 g/mol. The van der Waals surface area contributed by atoms with E-state index in [1.54, 1.807) is 10.7 Å². The van der Waals surface area contributed by atoms with Gasteiger partial charge >= 0.3 is 0 Å². The van der Waals surface area contributed by atoms with Gasteiger partial charge < -0.3 is 10.2 Å². The standard InChI is InChI=1S/C20H30N6O/c1-5-26-12-11-18(24-26)19(27)22-14(2)17-13-21-20(23-15(17)3)25(4)16-9-7-6-8-10-16/h11-14,16H,5-10H2,1-4H3,(H,22,27). The molecule has 0 aliphatic heterocycles. The molecule has 1 aliphatic rings. The average molecular weight is 371 g/mol. The first-order valence-electron chi connectivity index (χ1n) is 9.90. The Balaban J connectivity index is 1.68. The van der Waals surface area contributed by atoms with E-state index in [2.05, 4.69) is 27.3 Å². The van der Waals surface area contributed by atoms with E-state index in [0.29, 0.717) is 11.7 Å². The highest BCUT2D eigenvalue weighted by atomic mass is 16.2. The molecule has 3 rings (SSSR count). The molecule has 146 valence electrons. The highest BCUT2D eigenvalue weighted by Gasteiger charge is 2.22. The summed E-state index contributed by atoms with van der Waals surface area (Å²) in [5.74, 6) is 0.584. The molecule has 27 heavy (non-hydrogen) atoms. The molecule has 7 nitrogen and oxygen atoms in total. The lowest BCUT2D eigenvalue weighted by molar-refractivity contribution is 0.0934. The molecule has 7 heteroatoms. The van der Waals surface area contributed by atoms with Gasteiger partial charge in [0.25, 0.3) is 5.91 Å². The molecule has 1 amide bonds. The Morgan fingerprint density at radius 1 is 1.37 bits per heavy atom. The van der Waals surface area contributed by atoms with Crippen LogP contribution in [-0.4, -0.2) is 38.7 Å². The fourth-order valence-corrected chi connectivity index (χ4v) is 3.70. The number of carbonyl (C=O) groups excluding carboxylic acids is 1. The van der Waals surface area contributed by atoms with Gasteiger partial charge in [-0.15, -0.1) is 0 Å². The zero-order valence-corrected chi connectivity index (χ0v) is 16.8. The minimum absolute atomic E-state index is 0.182. The van der Waals surface area contributed by atoms with Crippen LogP contribution in [0.4, 0.5) is 5.95 Å². The molecule has 0 aromatic carbocycles. The predicted molar refractivity (Wildman–Crippen MR) is 106 cm³/mol. The minimum Gasteiger partial charge on any atom is -0.344 e. The highest BCUT2D eigenvalue weighted by Crippen LogP contribution is 2.25. The van der Waals surface area contributed by atoms with Crippen molar-refractivity contribution in [1.82, 2.24) is 25.1 Å². The second-order valence-electron chi connectivity index (χ2n) is 7.37. The molecule has 0 spiro atoms. The van der Waals surface area contributed by atoms with Crippen LogP contribution < -0.4 is 10.2 Å². The summed E-state index contributed by atoms with van der Waals surface area (Å²) < 4.78 is 1.74. The molecule has 1 unspecified atom stereocenters. The number of aromatic nitrogens is 4. The summed E-state index contributed by atoms with van der Waals surface area (Å²) in [5, 5.41) is 7.25. The Morgan fingerprint density at radius 2 is 2.11 bits per heavy atom. The molecule has 2 aromatic heterocycles. The van der Waals surface area contributed by atoms with Crippen LogP contribution in [0.5, 0.6) is 0 Å². The number of carbonyl (C=O) groups is 1. The third-order valence-electron chi connectivity index (χ3n) is 5.45.